The summed E-state index contributed by atoms with van der Waals surface area (Å²) in [6.07, 6.45) is 2.25. The highest BCUT2D eigenvalue weighted by Gasteiger charge is 2.27. The Morgan fingerprint density at radius 1 is 1.18 bits per heavy atom. The number of hydrogen-bond donors (Lipinski definition) is 1. The van der Waals surface area contributed by atoms with Crippen molar-refractivity contribution in [3.05, 3.63) is 64.1 Å². The quantitative estimate of drug-likeness (QED) is 0.605. The van der Waals surface area contributed by atoms with Crippen LogP contribution in [0.4, 0.5) is 0 Å². The standard InChI is InChI=1S/C27H37N5O/c1-18-9-7-8-10-21(18)16-31-14-13-22(17-31)24-15-25-28-19(2)23(20(3)32(25)30-24)11-12-26(33)29-27(4,5)6/h7-10,15,22H,11-14,16-17H2,1-6H3,(H,29,33). The van der Waals surface area contributed by atoms with E-state index in [9.17, 15) is 4.79 Å². The molecule has 0 spiro atoms. The molecule has 1 aromatic carbocycles. The molecule has 1 fully saturated rings. The fourth-order valence-corrected chi connectivity index (χ4v) is 4.87. The largest absolute Gasteiger partial charge is 0.351 e. The zero-order valence-corrected chi connectivity index (χ0v) is 20.9. The van der Waals surface area contributed by atoms with Gasteiger partial charge in [-0.15, -0.1) is 0 Å². The fraction of sp³-hybridized carbons (Fsp3) is 0.519. The summed E-state index contributed by atoms with van der Waals surface area (Å²) in [4.78, 5) is 19.7. The first-order valence-electron chi connectivity index (χ1n) is 12.0. The third kappa shape index (κ3) is 5.44. The maximum absolute atomic E-state index is 12.3. The molecule has 3 aromatic rings. The van der Waals surface area contributed by atoms with Crippen molar-refractivity contribution < 1.29 is 4.79 Å². The van der Waals surface area contributed by atoms with E-state index >= 15 is 0 Å². The van der Waals surface area contributed by atoms with Gasteiger partial charge < -0.3 is 5.32 Å². The summed E-state index contributed by atoms with van der Waals surface area (Å²) >= 11 is 0. The summed E-state index contributed by atoms with van der Waals surface area (Å²) in [5, 5.41) is 8.01. The molecule has 0 radical (unpaired) electrons. The number of fused-ring (bicyclic) bond motifs is 1. The molecule has 1 aliphatic heterocycles. The molecule has 176 valence electrons. The van der Waals surface area contributed by atoms with E-state index in [4.69, 9.17) is 10.1 Å². The van der Waals surface area contributed by atoms with Crippen LogP contribution in [0.25, 0.3) is 5.65 Å². The third-order valence-corrected chi connectivity index (χ3v) is 6.65. The topological polar surface area (TPSA) is 62.5 Å². The molecule has 0 aliphatic carbocycles. The van der Waals surface area contributed by atoms with E-state index in [1.807, 2.05) is 32.2 Å². The molecule has 1 amide bonds. The smallest absolute Gasteiger partial charge is 0.220 e. The summed E-state index contributed by atoms with van der Waals surface area (Å²) in [5.74, 6) is 0.499. The second kappa shape index (κ2) is 9.26. The summed E-state index contributed by atoms with van der Waals surface area (Å²) < 4.78 is 1.98. The van der Waals surface area contributed by atoms with Crippen LogP contribution in [-0.2, 0) is 17.8 Å². The zero-order valence-electron chi connectivity index (χ0n) is 20.9. The van der Waals surface area contributed by atoms with Gasteiger partial charge in [-0.05, 0) is 77.6 Å². The van der Waals surface area contributed by atoms with Gasteiger partial charge >= 0.3 is 0 Å². The Hall–Kier alpha value is -2.73. The number of nitrogens with one attached hydrogen (secondary N) is 1. The lowest BCUT2D eigenvalue weighted by Crippen LogP contribution is -2.40. The molecule has 0 bridgehead atoms. The van der Waals surface area contributed by atoms with Crippen molar-refractivity contribution in [3.8, 4) is 0 Å². The summed E-state index contributed by atoms with van der Waals surface area (Å²) in [6, 6.07) is 10.8. The van der Waals surface area contributed by atoms with Gasteiger partial charge in [-0.3, -0.25) is 9.69 Å². The molecule has 6 nitrogen and oxygen atoms in total. The fourth-order valence-electron chi connectivity index (χ4n) is 4.87. The first-order chi connectivity index (χ1) is 15.6. The summed E-state index contributed by atoms with van der Waals surface area (Å²) in [7, 11) is 0. The summed E-state index contributed by atoms with van der Waals surface area (Å²) in [6.45, 7) is 15.4. The van der Waals surface area contributed by atoms with E-state index in [0.717, 1.165) is 54.3 Å². The van der Waals surface area contributed by atoms with Crippen molar-refractivity contribution in [2.24, 2.45) is 0 Å². The average molecular weight is 448 g/mol. The van der Waals surface area contributed by atoms with Gasteiger partial charge in [-0.2, -0.15) is 5.10 Å². The van der Waals surface area contributed by atoms with Crippen molar-refractivity contribution in [2.45, 2.75) is 78.8 Å². The molecule has 1 atom stereocenters. The van der Waals surface area contributed by atoms with Crippen LogP contribution in [0, 0.1) is 20.8 Å². The van der Waals surface area contributed by atoms with Gasteiger partial charge in [0, 0.05) is 48.4 Å². The predicted octanol–water partition coefficient (Wildman–Crippen LogP) is 4.49. The number of likely N-dealkylation sites (tertiary alicyclic amines) is 1. The minimum Gasteiger partial charge on any atom is -0.351 e. The zero-order chi connectivity index (χ0) is 23.8. The highest BCUT2D eigenvalue weighted by atomic mass is 16.1. The first-order valence-corrected chi connectivity index (χ1v) is 12.0. The highest BCUT2D eigenvalue weighted by molar-refractivity contribution is 5.77. The molecule has 33 heavy (non-hydrogen) atoms. The molecule has 6 heteroatoms. The molecule has 1 saturated heterocycles. The van der Waals surface area contributed by atoms with E-state index in [1.165, 1.54) is 11.1 Å². The minimum absolute atomic E-state index is 0.0715. The number of amides is 1. The first kappa shape index (κ1) is 23.4. The Morgan fingerprint density at radius 2 is 1.94 bits per heavy atom. The van der Waals surface area contributed by atoms with Gasteiger partial charge in [0.2, 0.25) is 5.91 Å². The summed E-state index contributed by atoms with van der Waals surface area (Å²) in [5.41, 5.74) is 7.77. The van der Waals surface area contributed by atoms with E-state index in [-0.39, 0.29) is 11.4 Å². The molecule has 2 aromatic heterocycles. The van der Waals surface area contributed by atoms with Gasteiger partial charge in [-0.25, -0.2) is 9.50 Å². The highest BCUT2D eigenvalue weighted by Crippen LogP contribution is 2.29. The monoisotopic (exact) mass is 447 g/mol. The Morgan fingerprint density at radius 3 is 2.67 bits per heavy atom. The maximum Gasteiger partial charge on any atom is 0.220 e. The minimum atomic E-state index is -0.214. The Labute approximate surface area is 197 Å². The van der Waals surface area contributed by atoms with Gasteiger partial charge in [0.15, 0.2) is 5.65 Å². The molecule has 0 saturated carbocycles. The maximum atomic E-state index is 12.3. The van der Waals surface area contributed by atoms with Crippen molar-refractivity contribution in [1.29, 1.82) is 0 Å². The SMILES string of the molecule is Cc1ccccc1CN1CCC(c2cc3nc(C)c(CCC(=O)NC(C)(C)C)c(C)n3n2)C1. The molecule has 4 rings (SSSR count). The van der Waals surface area contributed by atoms with E-state index < -0.39 is 0 Å². The van der Waals surface area contributed by atoms with Gasteiger partial charge in [0.05, 0.1) is 5.69 Å². The molecular weight excluding hydrogens is 410 g/mol. The number of nitrogens with zero attached hydrogens (tertiary/aromatic N) is 4. The van der Waals surface area contributed by atoms with Gasteiger partial charge in [-0.1, -0.05) is 24.3 Å². The van der Waals surface area contributed by atoms with Gasteiger partial charge in [0.1, 0.15) is 0 Å². The van der Waals surface area contributed by atoms with Crippen LogP contribution in [0.1, 0.15) is 73.3 Å². The molecule has 1 aliphatic rings. The van der Waals surface area contributed by atoms with E-state index in [1.54, 1.807) is 0 Å². The van der Waals surface area contributed by atoms with Crippen LogP contribution < -0.4 is 5.32 Å². The van der Waals surface area contributed by atoms with Crippen molar-refractivity contribution >= 4 is 11.6 Å². The lowest BCUT2D eigenvalue weighted by atomic mass is 10.0. The molecule has 1 N–H and O–H groups in total. The molecule has 3 heterocycles. The average Bonchev–Trinajstić information content (AvgIpc) is 3.35. The Kier molecular flexibility index (Phi) is 6.57. The molecular formula is C27H37N5O. The second-order valence-corrected chi connectivity index (χ2v) is 10.5. The van der Waals surface area contributed by atoms with Crippen molar-refractivity contribution in [1.82, 2.24) is 24.8 Å². The van der Waals surface area contributed by atoms with Crippen LogP contribution in [0.2, 0.25) is 0 Å². The number of benzene rings is 1. The van der Waals surface area contributed by atoms with Crippen LogP contribution in [0.15, 0.2) is 30.3 Å². The lowest BCUT2D eigenvalue weighted by molar-refractivity contribution is -0.122. The van der Waals surface area contributed by atoms with E-state index in [0.29, 0.717) is 18.8 Å². The lowest BCUT2D eigenvalue weighted by Gasteiger charge is -2.20. The Bertz CT molecular complexity index is 1160. The van der Waals surface area contributed by atoms with Crippen molar-refractivity contribution in [2.75, 3.05) is 13.1 Å². The predicted molar refractivity (Wildman–Crippen MR) is 132 cm³/mol. The molecule has 1 unspecified atom stereocenters. The second-order valence-electron chi connectivity index (χ2n) is 10.5. The number of hydrogen-bond acceptors (Lipinski definition) is 4. The third-order valence-electron chi connectivity index (χ3n) is 6.65. The van der Waals surface area contributed by atoms with E-state index in [2.05, 4.69) is 54.4 Å². The number of carbonyl (C=O) groups excluding carboxylic acids is 1. The normalized spacial score (nSPS) is 17.1. The number of rotatable bonds is 6. The number of carbonyl (C=O) groups is 1. The van der Waals surface area contributed by atoms with Gasteiger partial charge in [0.25, 0.3) is 0 Å². The number of aryl methyl sites for hydroxylation is 3. The van der Waals surface area contributed by atoms with Crippen molar-refractivity contribution in [3.63, 3.8) is 0 Å². The van der Waals surface area contributed by atoms with Crippen LogP contribution in [-0.4, -0.2) is 44.0 Å². The Balaban J connectivity index is 1.47. The van der Waals surface area contributed by atoms with Crippen LogP contribution in [0.3, 0.4) is 0 Å². The number of aromatic nitrogens is 3. The van der Waals surface area contributed by atoms with Crippen LogP contribution in [0.5, 0.6) is 0 Å². The van der Waals surface area contributed by atoms with Crippen LogP contribution >= 0.6 is 0 Å².